The smallest absolute Gasteiger partial charge is 0.410 e. The molecule has 0 radical (unpaired) electrons. The number of nitrogens with zero attached hydrogens (tertiary/aromatic N) is 1. The van der Waals surface area contributed by atoms with Crippen molar-refractivity contribution in [3.8, 4) is 11.8 Å². The number of allylic oxidation sites excluding steroid dienone is 2. The highest BCUT2D eigenvalue weighted by Crippen LogP contribution is 2.35. The van der Waals surface area contributed by atoms with Gasteiger partial charge in [-0.25, -0.2) is 4.79 Å². The van der Waals surface area contributed by atoms with Gasteiger partial charge in [0.1, 0.15) is 5.75 Å². The van der Waals surface area contributed by atoms with E-state index in [9.17, 15) is 4.79 Å². The molecule has 106 valence electrons. The summed E-state index contributed by atoms with van der Waals surface area (Å²) in [7, 11) is 0. The first-order valence-electron chi connectivity index (χ1n) is 7.09. The van der Waals surface area contributed by atoms with Crippen LogP contribution < -0.4 is 10.1 Å². The Labute approximate surface area is 123 Å². The number of carbonyl (C=O) groups excluding carboxylic acids is 1. The van der Waals surface area contributed by atoms with E-state index in [1.54, 1.807) is 12.1 Å². The fraction of sp³-hybridized carbons (Fsp3) is 0.294. The Morgan fingerprint density at radius 3 is 2.81 bits per heavy atom. The van der Waals surface area contributed by atoms with Crippen molar-refractivity contribution >= 4 is 6.09 Å². The zero-order valence-corrected chi connectivity index (χ0v) is 11.6. The number of hydrogen-bond acceptors (Lipinski definition) is 3. The second-order valence-electron chi connectivity index (χ2n) is 5.36. The van der Waals surface area contributed by atoms with E-state index in [0.717, 1.165) is 31.3 Å². The molecule has 1 atom stereocenters. The lowest BCUT2D eigenvalue weighted by atomic mass is 9.95. The lowest BCUT2D eigenvalue weighted by Gasteiger charge is -2.13. The standard InChI is InChI=1S/C17H16N2O2/c18-11-12-6-7-13-9-15(10-14(13)8-12)19-17(20)21-16-4-2-1-3-5-16/h1-5,8,15H,6-7,9-10H2,(H,19,20). The molecule has 0 aliphatic heterocycles. The minimum atomic E-state index is -0.421. The van der Waals surface area contributed by atoms with E-state index >= 15 is 0 Å². The highest BCUT2D eigenvalue weighted by Gasteiger charge is 2.27. The molecule has 0 fully saturated rings. The summed E-state index contributed by atoms with van der Waals surface area (Å²) >= 11 is 0. The van der Waals surface area contributed by atoms with E-state index < -0.39 is 6.09 Å². The van der Waals surface area contributed by atoms with Crippen LogP contribution in [0.5, 0.6) is 5.75 Å². The minimum absolute atomic E-state index is 0.0699. The Kier molecular flexibility index (Phi) is 3.74. The summed E-state index contributed by atoms with van der Waals surface area (Å²) in [6.07, 6.45) is 4.94. The number of rotatable bonds is 2. The van der Waals surface area contributed by atoms with Crippen LogP contribution in [0.25, 0.3) is 0 Å². The molecule has 0 spiro atoms. The van der Waals surface area contributed by atoms with Gasteiger partial charge in [-0.1, -0.05) is 23.8 Å². The number of nitriles is 1. The molecule has 1 amide bonds. The lowest BCUT2D eigenvalue weighted by Crippen LogP contribution is -2.35. The summed E-state index contributed by atoms with van der Waals surface area (Å²) in [6.45, 7) is 0. The van der Waals surface area contributed by atoms with Gasteiger partial charge in [-0.2, -0.15) is 5.26 Å². The molecule has 0 saturated heterocycles. The Balaban J connectivity index is 1.56. The Morgan fingerprint density at radius 2 is 2.05 bits per heavy atom. The normalized spacial score (nSPS) is 20.3. The van der Waals surface area contributed by atoms with Crippen molar-refractivity contribution in [1.29, 1.82) is 5.26 Å². The number of nitrogens with one attached hydrogen (secondary N) is 1. The van der Waals surface area contributed by atoms with Crippen LogP contribution >= 0.6 is 0 Å². The van der Waals surface area contributed by atoms with Crippen LogP contribution in [0.1, 0.15) is 25.7 Å². The molecule has 0 bridgehead atoms. The van der Waals surface area contributed by atoms with Gasteiger partial charge in [-0.15, -0.1) is 0 Å². The van der Waals surface area contributed by atoms with Crippen LogP contribution in [0.2, 0.25) is 0 Å². The number of hydrogen-bond donors (Lipinski definition) is 1. The van der Waals surface area contributed by atoms with Gasteiger partial charge >= 0.3 is 6.09 Å². The van der Waals surface area contributed by atoms with Crippen LogP contribution in [0.3, 0.4) is 0 Å². The minimum Gasteiger partial charge on any atom is -0.410 e. The van der Waals surface area contributed by atoms with Gasteiger partial charge in [0.05, 0.1) is 6.07 Å². The second-order valence-corrected chi connectivity index (χ2v) is 5.36. The van der Waals surface area contributed by atoms with Crippen molar-refractivity contribution in [2.45, 2.75) is 31.7 Å². The predicted molar refractivity (Wildman–Crippen MR) is 78.6 cm³/mol. The topological polar surface area (TPSA) is 62.1 Å². The number of para-hydroxylation sites is 1. The maximum Gasteiger partial charge on any atom is 0.412 e. The van der Waals surface area contributed by atoms with Crippen molar-refractivity contribution in [3.63, 3.8) is 0 Å². The highest BCUT2D eigenvalue weighted by molar-refractivity contribution is 5.71. The summed E-state index contributed by atoms with van der Waals surface area (Å²) in [4.78, 5) is 11.9. The van der Waals surface area contributed by atoms with Crippen LogP contribution in [0.4, 0.5) is 4.79 Å². The maximum absolute atomic E-state index is 11.9. The van der Waals surface area contributed by atoms with Crippen molar-refractivity contribution in [2.75, 3.05) is 0 Å². The van der Waals surface area contributed by atoms with Gasteiger partial charge in [0.25, 0.3) is 0 Å². The fourth-order valence-electron chi connectivity index (χ4n) is 2.88. The summed E-state index contributed by atoms with van der Waals surface area (Å²) in [5.74, 6) is 0.539. The lowest BCUT2D eigenvalue weighted by molar-refractivity contribution is 0.196. The molecule has 4 heteroatoms. The van der Waals surface area contributed by atoms with Gasteiger partial charge in [-0.05, 0) is 49.5 Å². The van der Waals surface area contributed by atoms with Crippen molar-refractivity contribution < 1.29 is 9.53 Å². The molecule has 1 unspecified atom stereocenters. The number of amides is 1. The molecule has 3 rings (SSSR count). The van der Waals surface area contributed by atoms with Gasteiger partial charge in [0, 0.05) is 11.6 Å². The van der Waals surface area contributed by atoms with E-state index in [4.69, 9.17) is 10.00 Å². The molecule has 1 aromatic carbocycles. The van der Waals surface area contributed by atoms with Crippen molar-refractivity contribution in [3.05, 3.63) is 53.1 Å². The zero-order chi connectivity index (χ0) is 14.7. The Morgan fingerprint density at radius 1 is 1.24 bits per heavy atom. The van der Waals surface area contributed by atoms with E-state index in [1.807, 2.05) is 24.3 Å². The maximum atomic E-state index is 11.9. The highest BCUT2D eigenvalue weighted by atomic mass is 16.6. The van der Waals surface area contributed by atoms with Crippen LogP contribution in [0.15, 0.2) is 53.1 Å². The zero-order valence-electron chi connectivity index (χ0n) is 11.6. The third-order valence-corrected chi connectivity index (χ3v) is 3.88. The van der Waals surface area contributed by atoms with E-state index in [1.165, 1.54) is 11.1 Å². The largest absolute Gasteiger partial charge is 0.412 e. The first-order valence-corrected chi connectivity index (χ1v) is 7.09. The van der Waals surface area contributed by atoms with Gasteiger partial charge in [0.2, 0.25) is 0 Å². The molecular formula is C17H16N2O2. The Hall–Kier alpha value is -2.54. The van der Waals surface area contributed by atoms with E-state index in [2.05, 4.69) is 11.4 Å². The SMILES string of the molecule is N#CC1=CC2=C(CC1)CC(NC(=O)Oc1ccccc1)C2. The van der Waals surface area contributed by atoms with Crippen LogP contribution in [0, 0.1) is 11.3 Å². The number of benzene rings is 1. The average Bonchev–Trinajstić information content (AvgIpc) is 2.89. The first-order chi connectivity index (χ1) is 10.2. The van der Waals surface area contributed by atoms with Gasteiger partial charge < -0.3 is 10.1 Å². The van der Waals surface area contributed by atoms with Gasteiger partial charge in [-0.3, -0.25) is 0 Å². The third kappa shape index (κ3) is 3.14. The summed E-state index contributed by atoms with van der Waals surface area (Å²) < 4.78 is 5.24. The summed E-state index contributed by atoms with van der Waals surface area (Å²) in [5, 5.41) is 11.9. The number of ether oxygens (including phenoxy) is 1. The predicted octanol–water partition coefficient (Wildman–Crippen LogP) is 3.48. The monoisotopic (exact) mass is 280 g/mol. The van der Waals surface area contributed by atoms with Crippen LogP contribution in [-0.4, -0.2) is 12.1 Å². The average molecular weight is 280 g/mol. The third-order valence-electron chi connectivity index (χ3n) is 3.88. The molecule has 4 nitrogen and oxygen atoms in total. The first kappa shape index (κ1) is 13.4. The molecule has 0 heterocycles. The number of carbonyl (C=O) groups is 1. The molecule has 0 aromatic heterocycles. The Bertz CT molecular complexity index is 653. The molecule has 0 saturated carbocycles. The second kappa shape index (κ2) is 5.84. The quantitative estimate of drug-likeness (QED) is 0.902. The fourth-order valence-corrected chi connectivity index (χ4v) is 2.88. The molecule has 1 N–H and O–H groups in total. The molecule has 21 heavy (non-hydrogen) atoms. The van der Waals surface area contributed by atoms with E-state index in [-0.39, 0.29) is 6.04 Å². The van der Waals surface area contributed by atoms with Gasteiger partial charge in [0.15, 0.2) is 0 Å². The summed E-state index contributed by atoms with van der Waals surface area (Å²) in [6, 6.07) is 11.3. The van der Waals surface area contributed by atoms with Crippen LogP contribution in [-0.2, 0) is 0 Å². The molecule has 2 aliphatic rings. The molecule has 1 aromatic rings. The molecule has 2 aliphatic carbocycles. The van der Waals surface area contributed by atoms with Crippen molar-refractivity contribution in [1.82, 2.24) is 5.32 Å². The summed E-state index contributed by atoms with van der Waals surface area (Å²) in [5.41, 5.74) is 3.41. The van der Waals surface area contributed by atoms with Crippen molar-refractivity contribution in [2.24, 2.45) is 0 Å². The molecular weight excluding hydrogens is 264 g/mol. The van der Waals surface area contributed by atoms with E-state index in [0.29, 0.717) is 5.75 Å².